The van der Waals surface area contributed by atoms with Gasteiger partial charge in [0.15, 0.2) is 0 Å². The third kappa shape index (κ3) is 1.29. The van der Waals surface area contributed by atoms with Crippen molar-refractivity contribution in [1.82, 2.24) is 0 Å². The van der Waals surface area contributed by atoms with Crippen LogP contribution < -0.4 is 0 Å². The molecule has 1 saturated carbocycles. The second-order valence-corrected chi connectivity index (χ2v) is 4.68. The van der Waals surface area contributed by atoms with Crippen LogP contribution in [0.4, 0.5) is 13.2 Å². The van der Waals surface area contributed by atoms with E-state index in [1.54, 1.807) is 6.07 Å². The fourth-order valence-corrected chi connectivity index (χ4v) is 3.05. The van der Waals surface area contributed by atoms with Crippen LogP contribution in [-0.4, -0.2) is 11.2 Å². The number of halogens is 3. The van der Waals surface area contributed by atoms with Gasteiger partial charge < -0.3 is 5.11 Å². The summed E-state index contributed by atoms with van der Waals surface area (Å²) < 4.78 is 37.6. The van der Waals surface area contributed by atoms with Crippen LogP contribution in [0.2, 0.25) is 0 Å². The third-order valence-corrected chi connectivity index (χ3v) is 3.78. The molecule has 0 aliphatic heterocycles. The van der Waals surface area contributed by atoms with E-state index in [0.29, 0.717) is 12.0 Å². The van der Waals surface area contributed by atoms with E-state index in [4.69, 9.17) is 0 Å². The Balaban J connectivity index is 2.08. The topological polar surface area (TPSA) is 20.2 Å². The molecule has 0 aromatic heterocycles. The molecule has 3 atom stereocenters. The minimum Gasteiger partial charge on any atom is -0.392 e. The Morgan fingerprint density at radius 1 is 1.12 bits per heavy atom. The Kier molecular flexibility index (Phi) is 1.90. The van der Waals surface area contributed by atoms with Gasteiger partial charge in [-0.25, -0.2) is 0 Å². The Bertz CT molecular complexity index is 438. The predicted molar refractivity (Wildman–Crippen MR) is 52.2 cm³/mol. The highest BCUT2D eigenvalue weighted by atomic mass is 19.4. The first kappa shape index (κ1) is 10.1. The van der Waals surface area contributed by atoms with Crippen molar-refractivity contribution < 1.29 is 18.3 Å². The highest BCUT2D eigenvalue weighted by molar-refractivity contribution is 5.45. The summed E-state index contributed by atoms with van der Waals surface area (Å²) >= 11 is 0. The molecule has 4 heteroatoms. The van der Waals surface area contributed by atoms with Crippen molar-refractivity contribution >= 4 is 0 Å². The lowest BCUT2D eigenvalue weighted by Crippen LogP contribution is -2.16. The zero-order chi connectivity index (χ0) is 11.5. The maximum Gasteiger partial charge on any atom is 0.416 e. The third-order valence-electron chi connectivity index (χ3n) is 3.78. The number of rotatable bonds is 0. The number of hydrogen-bond donors (Lipinski definition) is 1. The number of aliphatic hydroxyl groups excluding tert-OH is 1. The van der Waals surface area contributed by atoms with Gasteiger partial charge in [0.1, 0.15) is 0 Å². The van der Waals surface area contributed by atoms with Gasteiger partial charge in [-0.1, -0.05) is 6.07 Å². The van der Waals surface area contributed by atoms with Crippen LogP contribution in [-0.2, 0) is 6.18 Å². The van der Waals surface area contributed by atoms with Crippen molar-refractivity contribution in [2.24, 2.45) is 0 Å². The predicted octanol–water partition coefficient (Wildman–Crippen LogP) is 3.04. The van der Waals surface area contributed by atoms with Crippen LogP contribution in [0, 0.1) is 0 Å². The Morgan fingerprint density at radius 3 is 2.56 bits per heavy atom. The van der Waals surface area contributed by atoms with Gasteiger partial charge in [0.05, 0.1) is 11.7 Å². The minimum absolute atomic E-state index is 0.0812. The number of hydrogen-bond acceptors (Lipinski definition) is 1. The normalized spacial score (nSPS) is 31.9. The second kappa shape index (κ2) is 3.00. The highest BCUT2D eigenvalue weighted by Crippen LogP contribution is 2.53. The average molecular weight is 228 g/mol. The van der Waals surface area contributed by atoms with Gasteiger partial charge >= 0.3 is 6.18 Å². The summed E-state index contributed by atoms with van der Waals surface area (Å²) in [5, 5.41) is 9.68. The first-order valence-corrected chi connectivity index (χ1v) is 5.36. The van der Waals surface area contributed by atoms with Crippen LogP contribution >= 0.6 is 0 Å². The summed E-state index contributed by atoms with van der Waals surface area (Å²) in [7, 11) is 0. The van der Waals surface area contributed by atoms with E-state index in [2.05, 4.69) is 0 Å². The molecule has 1 nitrogen and oxygen atoms in total. The lowest BCUT2D eigenvalue weighted by Gasteiger charge is -2.21. The minimum atomic E-state index is -4.29. The van der Waals surface area contributed by atoms with Crippen molar-refractivity contribution in [3.8, 4) is 0 Å². The van der Waals surface area contributed by atoms with E-state index in [9.17, 15) is 18.3 Å². The molecule has 2 aliphatic carbocycles. The molecule has 0 amide bonds. The number of fused-ring (bicyclic) bond motifs is 5. The largest absolute Gasteiger partial charge is 0.416 e. The molecule has 3 rings (SSSR count). The molecule has 1 N–H and O–H groups in total. The molecule has 0 saturated heterocycles. The molecule has 1 fully saturated rings. The van der Waals surface area contributed by atoms with Gasteiger partial charge in [-0.3, -0.25) is 0 Å². The number of aliphatic hydroxyl groups is 1. The van der Waals surface area contributed by atoms with Gasteiger partial charge in [0.2, 0.25) is 0 Å². The van der Waals surface area contributed by atoms with Crippen molar-refractivity contribution in [2.45, 2.75) is 37.0 Å². The smallest absolute Gasteiger partial charge is 0.392 e. The van der Waals surface area contributed by atoms with Crippen molar-refractivity contribution in [3.05, 3.63) is 34.9 Å². The molecule has 1 aromatic carbocycles. The molecule has 0 unspecified atom stereocenters. The number of benzene rings is 1. The van der Waals surface area contributed by atoms with Gasteiger partial charge in [-0.05, 0) is 42.0 Å². The van der Waals surface area contributed by atoms with E-state index in [1.165, 1.54) is 6.07 Å². The van der Waals surface area contributed by atoms with E-state index in [0.717, 1.165) is 18.1 Å². The van der Waals surface area contributed by atoms with E-state index >= 15 is 0 Å². The van der Waals surface area contributed by atoms with E-state index in [1.807, 2.05) is 0 Å². The van der Waals surface area contributed by atoms with Crippen molar-refractivity contribution in [3.63, 3.8) is 0 Å². The first-order valence-electron chi connectivity index (χ1n) is 5.36. The summed E-state index contributed by atoms with van der Waals surface area (Å²) in [6, 6.07) is 3.93. The summed E-state index contributed by atoms with van der Waals surface area (Å²) in [6.07, 6.45) is -3.25. The Labute approximate surface area is 90.9 Å². The summed E-state index contributed by atoms with van der Waals surface area (Å²) in [5.41, 5.74) is 1.10. The lowest BCUT2D eigenvalue weighted by molar-refractivity contribution is -0.137. The molecule has 2 bridgehead atoms. The molecule has 16 heavy (non-hydrogen) atoms. The molecular weight excluding hydrogens is 217 g/mol. The molecule has 0 radical (unpaired) electrons. The summed E-state index contributed by atoms with van der Waals surface area (Å²) in [4.78, 5) is 0. The molecule has 0 spiro atoms. The van der Waals surface area contributed by atoms with Crippen LogP contribution in [0.15, 0.2) is 18.2 Å². The van der Waals surface area contributed by atoms with Crippen molar-refractivity contribution in [1.29, 1.82) is 0 Å². The number of alkyl halides is 3. The zero-order valence-corrected chi connectivity index (χ0v) is 8.46. The molecule has 2 aliphatic rings. The van der Waals surface area contributed by atoms with Crippen LogP contribution in [0.25, 0.3) is 0 Å². The monoisotopic (exact) mass is 228 g/mol. The summed E-state index contributed by atoms with van der Waals surface area (Å²) in [5.74, 6) is 0.180. The van der Waals surface area contributed by atoms with Gasteiger partial charge in [0.25, 0.3) is 0 Å². The Hall–Kier alpha value is -1.03. The van der Waals surface area contributed by atoms with E-state index < -0.39 is 17.8 Å². The molecule has 86 valence electrons. The quantitative estimate of drug-likeness (QED) is 0.723. The van der Waals surface area contributed by atoms with E-state index in [-0.39, 0.29) is 11.8 Å². The van der Waals surface area contributed by atoms with Gasteiger partial charge in [0, 0.05) is 5.92 Å². The summed E-state index contributed by atoms with van der Waals surface area (Å²) in [6.45, 7) is 0. The van der Waals surface area contributed by atoms with Crippen molar-refractivity contribution in [2.75, 3.05) is 0 Å². The molecule has 1 aromatic rings. The molecular formula is C12H11F3O. The van der Waals surface area contributed by atoms with Crippen LogP contribution in [0.3, 0.4) is 0 Å². The molecule has 0 heterocycles. The van der Waals surface area contributed by atoms with Crippen LogP contribution in [0.5, 0.6) is 0 Å². The van der Waals surface area contributed by atoms with Gasteiger partial charge in [-0.2, -0.15) is 13.2 Å². The Morgan fingerprint density at radius 2 is 1.88 bits per heavy atom. The fourth-order valence-electron chi connectivity index (χ4n) is 3.05. The maximum atomic E-state index is 12.5. The fraction of sp³-hybridized carbons (Fsp3) is 0.500. The second-order valence-electron chi connectivity index (χ2n) is 4.68. The SMILES string of the molecule is O[C@@H]1C[C@@H]2C[C@H]1c1cc(C(F)(F)F)ccc12. The maximum absolute atomic E-state index is 12.5. The standard InChI is InChI=1S/C12H11F3O/c13-12(14,15)7-1-2-8-6-3-10(9(8)5-7)11(16)4-6/h1-2,5-6,10-11,16H,3-4H2/t6-,10-,11+/m0/s1. The highest BCUT2D eigenvalue weighted by Gasteiger charge is 2.44. The van der Waals surface area contributed by atoms with Crippen LogP contribution in [0.1, 0.15) is 41.4 Å². The first-order chi connectivity index (χ1) is 7.47. The zero-order valence-electron chi connectivity index (χ0n) is 8.46. The average Bonchev–Trinajstić information content (AvgIpc) is 2.73. The lowest BCUT2D eigenvalue weighted by atomic mass is 9.88. The van der Waals surface area contributed by atoms with Gasteiger partial charge in [-0.15, -0.1) is 0 Å².